The van der Waals surface area contributed by atoms with Crippen molar-refractivity contribution >= 4 is 27.2 Å². The maximum atomic E-state index is 13.0. The van der Waals surface area contributed by atoms with E-state index in [1.54, 1.807) is 22.8 Å². The molecule has 4 aromatic rings. The minimum Gasteiger partial charge on any atom is -0.368 e. The normalized spacial score (nSPS) is 11.7. The molecule has 1 aromatic carbocycles. The Morgan fingerprint density at radius 1 is 1.00 bits per heavy atom. The van der Waals surface area contributed by atoms with Gasteiger partial charge < -0.3 is 10.6 Å². The quantitative estimate of drug-likeness (QED) is 0.353. The van der Waals surface area contributed by atoms with Crippen LogP contribution >= 0.6 is 11.3 Å². The molecule has 0 aliphatic heterocycles. The minimum atomic E-state index is -4.40. The molecule has 11 heteroatoms. The lowest BCUT2D eigenvalue weighted by molar-refractivity contribution is -0.137. The van der Waals surface area contributed by atoms with E-state index in [9.17, 15) is 17.6 Å². The fraction of sp³-hybridized carbons (Fsp3) is 0.167. The summed E-state index contributed by atoms with van der Waals surface area (Å²) in [7, 11) is 0. The summed E-state index contributed by atoms with van der Waals surface area (Å²) >= 11 is 1.35. The van der Waals surface area contributed by atoms with Crippen molar-refractivity contribution in [3.05, 3.63) is 60.2 Å². The Balaban J connectivity index is 1.31. The summed E-state index contributed by atoms with van der Waals surface area (Å²) in [6.07, 6.45) is -1.84. The predicted octanol–water partition coefficient (Wildman–Crippen LogP) is 4.53. The fourth-order valence-corrected chi connectivity index (χ4v) is 3.36. The van der Waals surface area contributed by atoms with E-state index in [4.69, 9.17) is 0 Å². The Kier molecular flexibility index (Phi) is 5.05. The van der Waals surface area contributed by atoms with Crippen molar-refractivity contribution in [2.75, 3.05) is 23.7 Å². The third kappa shape index (κ3) is 4.45. The summed E-state index contributed by atoms with van der Waals surface area (Å²) in [6.45, 7) is 0.936. The van der Waals surface area contributed by atoms with Gasteiger partial charge in [0.2, 0.25) is 10.1 Å². The van der Waals surface area contributed by atoms with E-state index in [0.29, 0.717) is 34.7 Å². The van der Waals surface area contributed by atoms with Crippen LogP contribution in [0.4, 0.5) is 28.5 Å². The molecule has 0 radical (unpaired) electrons. The Morgan fingerprint density at radius 3 is 2.41 bits per heavy atom. The number of nitrogens with zero attached hydrogens (tertiary/aromatic N) is 4. The maximum Gasteiger partial charge on any atom is 0.417 e. The fourth-order valence-electron chi connectivity index (χ4n) is 2.56. The second-order valence-corrected chi connectivity index (χ2v) is 7.01. The van der Waals surface area contributed by atoms with Crippen molar-refractivity contribution in [3.8, 4) is 11.3 Å². The minimum absolute atomic E-state index is 0.306. The molecule has 0 atom stereocenters. The van der Waals surface area contributed by atoms with Gasteiger partial charge in [-0.3, -0.25) is 0 Å². The molecule has 0 bridgehead atoms. The Hall–Kier alpha value is -3.21. The molecule has 4 rings (SSSR count). The predicted molar refractivity (Wildman–Crippen MR) is 102 cm³/mol. The molecular formula is C18H14F4N6S. The highest BCUT2D eigenvalue weighted by Crippen LogP contribution is 2.29. The molecule has 3 aromatic heterocycles. The van der Waals surface area contributed by atoms with Crippen molar-refractivity contribution < 1.29 is 17.6 Å². The van der Waals surface area contributed by atoms with Gasteiger partial charge in [-0.2, -0.15) is 13.2 Å². The second kappa shape index (κ2) is 7.66. The lowest BCUT2D eigenvalue weighted by Gasteiger charge is -2.08. The summed E-state index contributed by atoms with van der Waals surface area (Å²) in [4.78, 5) is 8.91. The van der Waals surface area contributed by atoms with Crippen LogP contribution in [0.1, 0.15) is 5.56 Å². The van der Waals surface area contributed by atoms with Gasteiger partial charge in [0.05, 0.1) is 17.5 Å². The van der Waals surface area contributed by atoms with Crippen LogP contribution in [0.5, 0.6) is 0 Å². The van der Waals surface area contributed by atoms with E-state index in [-0.39, 0.29) is 5.82 Å². The molecule has 0 aliphatic rings. The number of fused-ring (bicyclic) bond motifs is 1. The summed E-state index contributed by atoms with van der Waals surface area (Å²) in [5, 5.41) is 11.1. The smallest absolute Gasteiger partial charge is 0.368 e. The van der Waals surface area contributed by atoms with E-state index in [0.717, 1.165) is 17.8 Å². The number of hydrogen-bond acceptors (Lipinski definition) is 6. The van der Waals surface area contributed by atoms with E-state index >= 15 is 0 Å². The van der Waals surface area contributed by atoms with Gasteiger partial charge >= 0.3 is 6.18 Å². The first kappa shape index (κ1) is 19.1. The van der Waals surface area contributed by atoms with Crippen LogP contribution in [0.15, 0.2) is 48.8 Å². The van der Waals surface area contributed by atoms with Gasteiger partial charge in [-0.05, 0) is 36.4 Å². The van der Waals surface area contributed by atoms with E-state index in [2.05, 4.69) is 25.7 Å². The molecule has 0 unspecified atom stereocenters. The summed E-state index contributed by atoms with van der Waals surface area (Å²) in [5.74, 6) is 0.0529. The van der Waals surface area contributed by atoms with Crippen molar-refractivity contribution in [1.82, 2.24) is 19.6 Å². The van der Waals surface area contributed by atoms with E-state index < -0.39 is 11.7 Å². The van der Waals surface area contributed by atoms with Gasteiger partial charge in [0.1, 0.15) is 11.6 Å². The highest BCUT2D eigenvalue weighted by Gasteiger charge is 2.30. The summed E-state index contributed by atoms with van der Waals surface area (Å²) < 4.78 is 52.2. The van der Waals surface area contributed by atoms with E-state index in [1.807, 2.05) is 0 Å². The topological polar surface area (TPSA) is 67.1 Å². The molecule has 0 fully saturated rings. The Labute approximate surface area is 166 Å². The lowest BCUT2D eigenvalue weighted by atomic mass is 10.2. The first-order valence-corrected chi connectivity index (χ1v) is 9.33. The molecule has 150 valence electrons. The zero-order chi connectivity index (χ0) is 20.4. The average Bonchev–Trinajstić information content (AvgIpc) is 3.24. The highest BCUT2D eigenvalue weighted by atomic mass is 32.1. The molecule has 0 amide bonds. The number of halogens is 4. The van der Waals surface area contributed by atoms with Crippen molar-refractivity contribution in [2.24, 2.45) is 0 Å². The molecule has 0 saturated heterocycles. The first-order valence-electron chi connectivity index (χ1n) is 8.52. The van der Waals surface area contributed by atoms with Gasteiger partial charge in [0.15, 0.2) is 0 Å². The lowest BCUT2D eigenvalue weighted by Crippen LogP contribution is -2.14. The van der Waals surface area contributed by atoms with Gasteiger partial charge in [-0.25, -0.2) is 18.9 Å². The monoisotopic (exact) mass is 422 g/mol. The molecule has 29 heavy (non-hydrogen) atoms. The van der Waals surface area contributed by atoms with Crippen LogP contribution in [0.2, 0.25) is 0 Å². The van der Waals surface area contributed by atoms with Gasteiger partial charge in [-0.1, -0.05) is 11.3 Å². The van der Waals surface area contributed by atoms with Crippen LogP contribution in [-0.2, 0) is 6.18 Å². The highest BCUT2D eigenvalue weighted by molar-refractivity contribution is 7.20. The number of anilines is 2. The van der Waals surface area contributed by atoms with Crippen LogP contribution in [0.3, 0.4) is 0 Å². The largest absolute Gasteiger partial charge is 0.417 e. The number of imidazole rings is 1. The zero-order valence-corrected chi connectivity index (χ0v) is 15.6. The van der Waals surface area contributed by atoms with Crippen molar-refractivity contribution in [2.45, 2.75) is 6.18 Å². The molecule has 0 saturated carbocycles. The van der Waals surface area contributed by atoms with Crippen molar-refractivity contribution in [1.29, 1.82) is 0 Å². The maximum absolute atomic E-state index is 13.0. The molecule has 0 aliphatic carbocycles. The number of pyridine rings is 1. The molecule has 0 spiro atoms. The van der Waals surface area contributed by atoms with Crippen LogP contribution < -0.4 is 10.6 Å². The Bertz CT molecular complexity index is 1070. The molecule has 3 heterocycles. The Morgan fingerprint density at radius 2 is 1.76 bits per heavy atom. The second-order valence-electron chi connectivity index (χ2n) is 6.05. The molecule has 6 nitrogen and oxygen atoms in total. The van der Waals surface area contributed by atoms with Crippen LogP contribution in [0.25, 0.3) is 16.2 Å². The zero-order valence-electron chi connectivity index (χ0n) is 14.7. The number of hydrogen-bond donors (Lipinski definition) is 2. The van der Waals surface area contributed by atoms with Gasteiger partial charge in [-0.15, -0.1) is 5.10 Å². The van der Waals surface area contributed by atoms with Gasteiger partial charge in [0, 0.05) is 24.8 Å². The molecule has 2 N–H and O–H groups in total. The van der Waals surface area contributed by atoms with Crippen molar-refractivity contribution in [3.63, 3.8) is 0 Å². The van der Waals surface area contributed by atoms with E-state index in [1.165, 1.54) is 29.5 Å². The SMILES string of the molecule is Fc1ccc(-c2cn3nc(NCCNc4ccc(C(F)(F)F)cn4)sc3n2)cc1. The summed E-state index contributed by atoms with van der Waals surface area (Å²) in [5.41, 5.74) is 0.713. The summed E-state index contributed by atoms with van der Waals surface area (Å²) in [6, 6.07) is 8.34. The number of rotatable bonds is 6. The molecular weight excluding hydrogens is 408 g/mol. The first-order chi connectivity index (χ1) is 13.9. The van der Waals surface area contributed by atoms with Crippen LogP contribution in [0, 0.1) is 5.82 Å². The van der Waals surface area contributed by atoms with Crippen LogP contribution in [-0.4, -0.2) is 32.7 Å². The number of nitrogens with one attached hydrogen (secondary N) is 2. The third-order valence-corrected chi connectivity index (χ3v) is 4.86. The van der Waals surface area contributed by atoms with Gasteiger partial charge in [0.25, 0.3) is 0 Å². The standard InChI is InChI=1S/C18H14F4N6S/c19-13-4-1-11(2-5-13)14-10-28-17(26-14)29-16(27-28)24-8-7-23-15-6-3-12(9-25-15)18(20,21)22/h1-6,9-10H,7-8H2,(H,23,25)(H,24,27). The number of alkyl halides is 3. The number of aromatic nitrogens is 4. The number of benzene rings is 1. The average molecular weight is 422 g/mol. The third-order valence-electron chi connectivity index (χ3n) is 3.98.